The SMILES string of the molecule is CC(C)CCC[C@@H](C)[C@@H]1CC[C@@H]2[C@@H]3C(=O)C[C@H]4CCCC[C@]4(C)[C@H]3CC[C@@]21C. The molecule has 28 heavy (non-hydrogen) atoms. The van der Waals surface area contributed by atoms with Crippen LogP contribution in [0.25, 0.3) is 0 Å². The molecule has 0 saturated heterocycles. The van der Waals surface area contributed by atoms with Gasteiger partial charge < -0.3 is 0 Å². The Bertz CT molecular complexity index is 579. The normalized spacial score (nSPS) is 46.8. The molecule has 1 heteroatoms. The van der Waals surface area contributed by atoms with E-state index < -0.39 is 0 Å². The van der Waals surface area contributed by atoms with Gasteiger partial charge in [-0.25, -0.2) is 0 Å². The Hall–Kier alpha value is -0.330. The van der Waals surface area contributed by atoms with Gasteiger partial charge in [-0.15, -0.1) is 0 Å². The highest BCUT2D eigenvalue weighted by Crippen LogP contribution is 2.67. The number of carbonyl (C=O) groups excluding carboxylic acids is 1. The molecule has 0 amide bonds. The molecule has 4 aliphatic rings. The lowest BCUT2D eigenvalue weighted by Crippen LogP contribution is -2.56. The van der Waals surface area contributed by atoms with E-state index in [0.717, 1.165) is 24.2 Å². The molecule has 4 saturated carbocycles. The van der Waals surface area contributed by atoms with Gasteiger partial charge in [-0.1, -0.05) is 66.7 Å². The van der Waals surface area contributed by atoms with E-state index in [-0.39, 0.29) is 0 Å². The van der Waals surface area contributed by atoms with E-state index in [1.807, 2.05) is 0 Å². The van der Waals surface area contributed by atoms with Crippen molar-refractivity contribution >= 4 is 5.78 Å². The van der Waals surface area contributed by atoms with Crippen LogP contribution >= 0.6 is 0 Å². The summed E-state index contributed by atoms with van der Waals surface area (Å²) in [6.07, 6.45) is 16.0. The van der Waals surface area contributed by atoms with E-state index in [1.165, 1.54) is 70.6 Å². The number of hydrogen-bond acceptors (Lipinski definition) is 1. The maximum atomic E-state index is 13.4. The number of carbonyl (C=O) groups is 1. The second-order valence-electron chi connectivity index (χ2n) is 12.4. The minimum atomic E-state index is 0.408. The summed E-state index contributed by atoms with van der Waals surface area (Å²) < 4.78 is 0. The summed E-state index contributed by atoms with van der Waals surface area (Å²) in [5.74, 6) is 5.70. The zero-order chi connectivity index (χ0) is 20.1. The fourth-order valence-corrected chi connectivity index (χ4v) is 8.99. The largest absolute Gasteiger partial charge is 0.299 e. The third-order valence-electron chi connectivity index (χ3n) is 10.6. The van der Waals surface area contributed by atoms with Gasteiger partial charge >= 0.3 is 0 Å². The zero-order valence-corrected chi connectivity index (χ0v) is 19.4. The molecule has 8 atom stereocenters. The minimum absolute atomic E-state index is 0.408. The Balaban J connectivity index is 1.51. The van der Waals surface area contributed by atoms with Crippen molar-refractivity contribution in [2.24, 2.45) is 52.3 Å². The molecule has 4 aliphatic carbocycles. The Labute approximate surface area is 174 Å². The molecule has 160 valence electrons. The van der Waals surface area contributed by atoms with Gasteiger partial charge in [0.25, 0.3) is 0 Å². The van der Waals surface area contributed by atoms with Crippen LogP contribution < -0.4 is 0 Å². The number of fused-ring (bicyclic) bond motifs is 5. The van der Waals surface area contributed by atoms with E-state index >= 15 is 0 Å². The van der Waals surface area contributed by atoms with Crippen LogP contribution in [0.5, 0.6) is 0 Å². The summed E-state index contributed by atoms with van der Waals surface area (Å²) >= 11 is 0. The lowest BCUT2D eigenvalue weighted by atomic mass is 9.44. The van der Waals surface area contributed by atoms with Gasteiger partial charge in [0, 0.05) is 12.3 Å². The van der Waals surface area contributed by atoms with Crippen LogP contribution in [-0.2, 0) is 4.79 Å². The summed E-state index contributed by atoms with van der Waals surface area (Å²) in [6, 6.07) is 0. The highest BCUT2D eigenvalue weighted by molar-refractivity contribution is 5.83. The fourth-order valence-electron chi connectivity index (χ4n) is 8.99. The topological polar surface area (TPSA) is 17.1 Å². The highest BCUT2D eigenvalue weighted by Gasteiger charge is 2.62. The first-order valence-corrected chi connectivity index (χ1v) is 12.8. The van der Waals surface area contributed by atoms with Gasteiger partial charge in [-0.05, 0) is 84.9 Å². The number of rotatable bonds is 5. The maximum absolute atomic E-state index is 13.4. The molecule has 4 fully saturated rings. The molecule has 0 radical (unpaired) electrons. The van der Waals surface area contributed by atoms with Crippen LogP contribution in [0.4, 0.5) is 0 Å². The smallest absolute Gasteiger partial charge is 0.136 e. The molecule has 0 aromatic carbocycles. The van der Waals surface area contributed by atoms with E-state index in [2.05, 4.69) is 34.6 Å². The average Bonchev–Trinajstić information content (AvgIpc) is 2.99. The molecule has 0 spiro atoms. The molecular weight excluding hydrogens is 340 g/mol. The highest BCUT2D eigenvalue weighted by atomic mass is 16.1. The number of hydrogen-bond donors (Lipinski definition) is 0. The summed E-state index contributed by atoms with van der Waals surface area (Å²) in [7, 11) is 0. The summed E-state index contributed by atoms with van der Waals surface area (Å²) in [4.78, 5) is 13.4. The number of Topliss-reactive ketones (excluding diaryl/α,β-unsaturated/α-hetero) is 1. The Morgan fingerprint density at radius 1 is 0.893 bits per heavy atom. The van der Waals surface area contributed by atoms with Gasteiger partial charge in [0.05, 0.1) is 0 Å². The second-order valence-corrected chi connectivity index (χ2v) is 12.4. The molecule has 1 nitrogen and oxygen atoms in total. The zero-order valence-electron chi connectivity index (χ0n) is 19.4. The monoisotopic (exact) mass is 386 g/mol. The molecule has 0 aromatic heterocycles. The molecule has 0 aromatic rings. The number of ketones is 1. The third-order valence-corrected chi connectivity index (χ3v) is 10.6. The van der Waals surface area contributed by atoms with Gasteiger partial charge in [-0.2, -0.15) is 0 Å². The molecule has 0 N–H and O–H groups in total. The Morgan fingerprint density at radius 3 is 2.39 bits per heavy atom. The molecule has 0 heterocycles. The lowest BCUT2D eigenvalue weighted by molar-refractivity contribution is -0.156. The van der Waals surface area contributed by atoms with Crippen molar-refractivity contribution in [3.63, 3.8) is 0 Å². The lowest BCUT2D eigenvalue weighted by Gasteiger charge is -2.60. The van der Waals surface area contributed by atoms with Crippen molar-refractivity contribution in [3.8, 4) is 0 Å². The van der Waals surface area contributed by atoms with Crippen molar-refractivity contribution in [1.82, 2.24) is 0 Å². The quantitative estimate of drug-likeness (QED) is 0.473. The predicted octanol–water partition coefficient (Wildman–Crippen LogP) is 7.68. The predicted molar refractivity (Wildman–Crippen MR) is 118 cm³/mol. The summed E-state index contributed by atoms with van der Waals surface area (Å²) in [6.45, 7) is 12.4. The van der Waals surface area contributed by atoms with Crippen LogP contribution in [-0.4, -0.2) is 5.78 Å². The van der Waals surface area contributed by atoms with Gasteiger partial charge in [0.2, 0.25) is 0 Å². The first-order chi connectivity index (χ1) is 13.3. The Kier molecular flexibility index (Phi) is 5.78. The van der Waals surface area contributed by atoms with Crippen molar-refractivity contribution in [2.75, 3.05) is 0 Å². The van der Waals surface area contributed by atoms with Crippen LogP contribution in [0.3, 0.4) is 0 Å². The minimum Gasteiger partial charge on any atom is -0.299 e. The van der Waals surface area contributed by atoms with Gasteiger partial charge in [0.15, 0.2) is 0 Å². The van der Waals surface area contributed by atoms with E-state index in [4.69, 9.17) is 0 Å². The standard InChI is InChI=1S/C27H46O/c1-18(2)9-8-10-19(3)21-12-13-22-25-23(14-16-27(21,22)5)26(4)15-7-6-11-20(26)17-24(25)28/h18-23,25H,6-17H2,1-5H3/t19-,20-,21+,22-,23+,25+,26+,27-/m1/s1. The van der Waals surface area contributed by atoms with E-state index in [1.54, 1.807) is 0 Å². The second kappa shape index (κ2) is 7.73. The van der Waals surface area contributed by atoms with Crippen molar-refractivity contribution in [1.29, 1.82) is 0 Å². The molecule has 4 rings (SSSR count). The van der Waals surface area contributed by atoms with Gasteiger partial charge in [-0.3, -0.25) is 4.79 Å². The summed E-state index contributed by atoms with van der Waals surface area (Å²) in [5, 5.41) is 0. The molecule has 0 unspecified atom stereocenters. The third kappa shape index (κ3) is 3.31. The van der Waals surface area contributed by atoms with Gasteiger partial charge in [0.1, 0.15) is 5.78 Å². The first kappa shape index (κ1) is 20.9. The average molecular weight is 387 g/mol. The maximum Gasteiger partial charge on any atom is 0.136 e. The van der Waals surface area contributed by atoms with Crippen LogP contribution in [0.1, 0.15) is 112 Å². The molecule has 0 bridgehead atoms. The van der Waals surface area contributed by atoms with E-state index in [9.17, 15) is 4.79 Å². The van der Waals surface area contributed by atoms with Crippen LogP contribution in [0, 0.1) is 52.3 Å². The molecule has 0 aliphatic heterocycles. The Morgan fingerprint density at radius 2 is 1.64 bits per heavy atom. The molecular formula is C27H46O. The van der Waals surface area contributed by atoms with Crippen molar-refractivity contribution in [2.45, 2.75) is 112 Å². The van der Waals surface area contributed by atoms with E-state index in [0.29, 0.717) is 40.3 Å². The van der Waals surface area contributed by atoms with Crippen molar-refractivity contribution in [3.05, 3.63) is 0 Å². The first-order valence-electron chi connectivity index (χ1n) is 12.8. The van der Waals surface area contributed by atoms with Crippen molar-refractivity contribution < 1.29 is 4.79 Å². The van der Waals surface area contributed by atoms with Crippen LogP contribution in [0.15, 0.2) is 0 Å². The fraction of sp³-hybridized carbons (Fsp3) is 0.963. The van der Waals surface area contributed by atoms with Crippen LogP contribution in [0.2, 0.25) is 0 Å². The summed E-state index contributed by atoms with van der Waals surface area (Å²) in [5.41, 5.74) is 0.908.